The Kier molecular flexibility index (Phi) is 6.66. The molecule has 0 saturated carbocycles. The van der Waals surface area contributed by atoms with Crippen LogP contribution in [0, 0.1) is 5.92 Å². The van der Waals surface area contributed by atoms with E-state index in [2.05, 4.69) is 51.2 Å². The fraction of sp³-hybridized carbons (Fsp3) is 0.727. The van der Waals surface area contributed by atoms with Crippen LogP contribution in [0.15, 0.2) is 24.3 Å². The van der Waals surface area contributed by atoms with E-state index in [0.29, 0.717) is 5.92 Å². The number of piperazine rings is 2. The second-order valence-corrected chi connectivity index (χ2v) is 8.47. The molecule has 2 atom stereocenters. The highest BCUT2D eigenvalue weighted by Gasteiger charge is 2.30. The van der Waals surface area contributed by atoms with Crippen molar-refractivity contribution in [2.24, 2.45) is 5.92 Å². The van der Waals surface area contributed by atoms with Crippen molar-refractivity contribution in [2.45, 2.75) is 32.4 Å². The molecule has 1 N–H and O–H groups in total. The first-order valence-electron chi connectivity index (χ1n) is 10.9. The Morgan fingerprint density at radius 1 is 1.07 bits per heavy atom. The fourth-order valence-electron chi connectivity index (χ4n) is 4.78. The molecule has 0 bridgehead atoms. The zero-order chi connectivity index (χ0) is 18.5. The quantitative estimate of drug-likeness (QED) is 0.824. The highest BCUT2D eigenvalue weighted by molar-refractivity contribution is 5.28. The van der Waals surface area contributed by atoms with Crippen LogP contribution in [-0.2, 0) is 6.54 Å². The average Bonchev–Trinajstić information content (AvgIpc) is 2.73. The summed E-state index contributed by atoms with van der Waals surface area (Å²) in [6, 6.07) is 9.52. The lowest BCUT2D eigenvalue weighted by Crippen LogP contribution is -2.55. The molecule has 0 unspecified atom stereocenters. The minimum atomic E-state index is 0.671. The summed E-state index contributed by atoms with van der Waals surface area (Å²) in [5.74, 6) is 1.72. The van der Waals surface area contributed by atoms with Gasteiger partial charge in [0.05, 0.1) is 6.61 Å². The zero-order valence-corrected chi connectivity index (χ0v) is 16.9. The Morgan fingerprint density at radius 3 is 2.78 bits per heavy atom. The molecule has 5 nitrogen and oxygen atoms in total. The third-order valence-corrected chi connectivity index (χ3v) is 6.58. The number of nitrogens with zero attached hydrogens (tertiary/aromatic N) is 3. The predicted molar refractivity (Wildman–Crippen MR) is 110 cm³/mol. The van der Waals surface area contributed by atoms with Gasteiger partial charge in [-0.1, -0.05) is 19.1 Å². The standard InChI is InChI=1S/C22H36N4O/c1-2-24-10-12-25(13-11-24)16-19-4-3-5-22(14-19)27-18-20-6-7-21-15-23-8-9-26(21)17-20/h3-5,14,20-21,23H,2,6-13,15-18H2,1H3/t20-,21-/m1/s1. The minimum Gasteiger partial charge on any atom is -0.493 e. The van der Waals surface area contributed by atoms with Crippen molar-refractivity contribution < 1.29 is 4.74 Å². The van der Waals surface area contributed by atoms with Crippen LogP contribution in [0.5, 0.6) is 5.75 Å². The maximum absolute atomic E-state index is 6.22. The van der Waals surface area contributed by atoms with Gasteiger partial charge < -0.3 is 15.0 Å². The second-order valence-electron chi connectivity index (χ2n) is 8.47. The highest BCUT2D eigenvalue weighted by atomic mass is 16.5. The Hall–Kier alpha value is -1.14. The largest absolute Gasteiger partial charge is 0.493 e. The van der Waals surface area contributed by atoms with Gasteiger partial charge in [0.1, 0.15) is 5.75 Å². The molecular formula is C22H36N4O. The van der Waals surface area contributed by atoms with Crippen LogP contribution in [0.3, 0.4) is 0 Å². The van der Waals surface area contributed by atoms with E-state index in [1.807, 2.05) is 0 Å². The van der Waals surface area contributed by atoms with Gasteiger partial charge in [-0.3, -0.25) is 9.80 Å². The molecule has 1 aromatic rings. The maximum Gasteiger partial charge on any atom is 0.119 e. The molecule has 150 valence electrons. The molecule has 1 aromatic carbocycles. The predicted octanol–water partition coefficient (Wildman–Crippen LogP) is 1.89. The van der Waals surface area contributed by atoms with Crippen LogP contribution in [0.25, 0.3) is 0 Å². The van der Waals surface area contributed by atoms with Gasteiger partial charge in [-0.15, -0.1) is 0 Å². The fourth-order valence-corrected chi connectivity index (χ4v) is 4.78. The molecule has 3 aliphatic heterocycles. The number of benzene rings is 1. The molecule has 0 aliphatic carbocycles. The molecule has 3 heterocycles. The molecule has 3 fully saturated rings. The summed E-state index contributed by atoms with van der Waals surface area (Å²) in [5.41, 5.74) is 1.38. The van der Waals surface area contributed by atoms with Crippen molar-refractivity contribution in [3.63, 3.8) is 0 Å². The van der Waals surface area contributed by atoms with E-state index in [4.69, 9.17) is 4.74 Å². The average molecular weight is 373 g/mol. The van der Waals surface area contributed by atoms with Crippen LogP contribution >= 0.6 is 0 Å². The van der Waals surface area contributed by atoms with Gasteiger partial charge in [-0.25, -0.2) is 0 Å². The summed E-state index contributed by atoms with van der Waals surface area (Å²) >= 11 is 0. The number of hydrogen-bond acceptors (Lipinski definition) is 5. The molecule has 0 radical (unpaired) electrons. The van der Waals surface area contributed by atoms with E-state index >= 15 is 0 Å². The Balaban J connectivity index is 1.24. The first-order valence-corrected chi connectivity index (χ1v) is 10.9. The maximum atomic E-state index is 6.22. The van der Waals surface area contributed by atoms with Gasteiger partial charge in [0.25, 0.3) is 0 Å². The number of fused-ring (bicyclic) bond motifs is 1. The summed E-state index contributed by atoms with van der Waals surface area (Å²) in [5, 5.41) is 3.52. The van der Waals surface area contributed by atoms with Gasteiger partial charge in [0.2, 0.25) is 0 Å². The minimum absolute atomic E-state index is 0.671. The molecule has 0 spiro atoms. The van der Waals surface area contributed by atoms with E-state index in [9.17, 15) is 0 Å². The van der Waals surface area contributed by atoms with Crippen LogP contribution in [0.4, 0.5) is 0 Å². The lowest BCUT2D eigenvalue weighted by molar-refractivity contribution is 0.0649. The molecule has 4 rings (SSSR count). The Bertz CT molecular complexity index is 587. The topological polar surface area (TPSA) is 31.0 Å². The lowest BCUT2D eigenvalue weighted by atomic mass is 9.92. The first-order chi connectivity index (χ1) is 13.3. The summed E-state index contributed by atoms with van der Waals surface area (Å²) in [4.78, 5) is 7.76. The molecular weight excluding hydrogens is 336 g/mol. The van der Waals surface area contributed by atoms with Crippen LogP contribution in [0.1, 0.15) is 25.3 Å². The third-order valence-electron chi connectivity index (χ3n) is 6.58. The number of hydrogen-bond donors (Lipinski definition) is 1. The van der Waals surface area contributed by atoms with E-state index < -0.39 is 0 Å². The van der Waals surface area contributed by atoms with Crippen molar-refractivity contribution in [3.8, 4) is 5.75 Å². The van der Waals surface area contributed by atoms with Crippen molar-refractivity contribution in [2.75, 3.05) is 65.5 Å². The lowest BCUT2D eigenvalue weighted by Gasteiger charge is -2.42. The van der Waals surface area contributed by atoms with Crippen LogP contribution < -0.4 is 10.1 Å². The monoisotopic (exact) mass is 372 g/mol. The number of piperidine rings is 1. The third kappa shape index (κ3) is 5.23. The van der Waals surface area contributed by atoms with Crippen molar-refractivity contribution in [1.82, 2.24) is 20.0 Å². The van der Waals surface area contributed by atoms with E-state index in [0.717, 1.165) is 31.5 Å². The van der Waals surface area contributed by atoms with E-state index in [-0.39, 0.29) is 0 Å². The van der Waals surface area contributed by atoms with Crippen molar-refractivity contribution in [3.05, 3.63) is 29.8 Å². The van der Waals surface area contributed by atoms with Crippen molar-refractivity contribution >= 4 is 0 Å². The van der Waals surface area contributed by atoms with Gasteiger partial charge in [0.15, 0.2) is 0 Å². The molecule has 3 aliphatic rings. The van der Waals surface area contributed by atoms with E-state index in [1.165, 1.54) is 70.8 Å². The molecule has 0 aromatic heterocycles. The number of ether oxygens (including phenoxy) is 1. The second kappa shape index (κ2) is 9.37. The zero-order valence-electron chi connectivity index (χ0n) is 16.9. The molecule has 3 saturated heterocycles. The first kappa shape index (κ1) is 19.2. The van der Waals surface area contributed by atoms with Gasteiger partial charge in [0, 0.05) is 70.9 Å². The highest BCUT2D eigenvalue weighted by Crippen LogP contribution is 2.24. The van der Waals surface area contributed by atoms with Crippen LogP contribution in [-0.4, -0.2) is 86.3 Å². The van der Waals surface area contributed by atoms with Gasteiger partial charge in [-0.05, 0) is 37.1 Å². The summed E-state index contributed by atoms with van der Waals surface area (Å²) in [6.07, 6.45) is 2.61. The number of rotatable bonds is 6. The van der Waals surface area contributed by atoms with Crippen molar-refractivity contribution in [1.29, 1.82) is 0 Å². The summed E-state index contributed by atoms with van der Waals surface area (Å²) < 4.78 is 6.22. The SMILES string of the molecule is CCN1CCN(Cc2cccc(OC[C@@H]3CC[C@@H]4CNCCN4C3)c2)CC1. The summed E-state index contributed by atoms with van der Waals surface area (Å²) in [7, 11) is 0. The molecule has 0 amide bonds. The molecule has 5 heteroatoms. The molecule has 27 heavy (non-hydrogen) atoms. The smallest absolute Gasteiger partial charge is 0.119 e. The van der Waals surface area contributed by atoms with E-state index in [1.54, 1.807) is 0 Å². The normalized spacial score (nSPS) is 28.0. The Labute approximate surface area is 164 Å². The van der Waals surface area contributed by atoms with Crippen LogP contribution in [0.2, 0.25) is 0 Å². The number of likely N-dealkylation sites (N-methyl/N-ethyl adjacent to an activating group) is 1. The van der Waals surface area contributed by atoms with Gasteiger partial charge in [-0.2, -0.15) is 0 Å². The Morgan fingerprint density at radius 2 is 1.93 bits per heavy atom. The number of nitrogens with one attached hydrogen (secondary N) is 1. The summed E-state index contributed by atoms with van der Waals surface area (Å²) in [6.45, 7) is 14.8. The van der Waals surface area contributed by atoms with Gasteiger partial charge >= 0.3 is 0 Å².